The minimum atomic E-state index is -0.418. The number of Topliss-reactive ketones (excluding diaryl/α,β-unsaturated/α-hetero) is 1. The van der Waals surface area contributed by atoms with Crippen LogP contribution in [0.5, 0.6) is 0 Å². The van der Waals surface area contributed by atoms with Gasteiger partial charge < -0.3 is 10.6 Å². The number of nitrogens with zero attached hydrogens (tertiary/aromatic N) is 1. The molecule has 0 aromatic heterocycles. The highest BCUT2D eigenvalue weighted by molar-refractivity contribution is 6.01. The van der Waals surface area contributed by atoms with E-state index in [9.17, 15) is 4.79 Å². The summed E-state index contributed by atoms with van der Waals surface area (Å²) >= 11 is 0. The molecule has 1 atom stereocenters. The lowest BCUT2D eigenvalue weighted by atomic mass is 9.91. The van der Waals surface area contributed by atoms with Crippen LogP contribution in [0, 0.1) is 0 Å². The Morgan fingerprint density at radius 2 is 2.25 bits per heavy atom. The van der Waals surface area contributed by atoms with Crippen LogP contribution < -0.4 is 5.73 Å². The quantitative estimate of drug-likeness (QED) is 0.759. The lowest BCUT2D eigenvalue weighted by Gasteiger charge is -2.27. The first kappa shape index (κ1) is 11.3. The normalized spacial score (nSPS) is 17.9. The minimum Gasteiger partial charge on any atom is -0.321 e. The van der Waals surface area contributed by atoms with Gasteiger partial charge in [0, 0.05) is 18.7 Å². The molecule has 1 aliphatic rings. The fourth-order valence-electron chi connectivity index (χ4n) is 2.19. The summed E-state index contributed by atoms with van der Waals surface area (Å²) in [6.07, 6.45) is 1.02. The van der Waals surface area contributed by atoms with Crippen molar-refractivity contribution in [3.05, 3.63) is 34.9 Å². The molecule has 1 aromatic rings. The van der Waals surface area contributed by atoms with Crippen LogP contribution in [0.1, 0.15) is 28.4 Å². The largest absolute Gasteiger partial charge is 0.321 e. The van der Waals surface area contributed by atoms with Gasteiger partial charge in [0.05, 0.1) is 6.04 Å². The van der Waals surface area contributed by atoms with E-state index in [1.165, 1.54) is 11.1 Å². The molecule has 3 heteroatoms. The van der Waals surface area contributed by atoms with E-state index in [1.54, 1.807) is 6.92 Å². The number of hydrogen-bond donors (Lipinski definition) is 1. The predicted molar refractivity (Wildman–Crippen MR) is 64.5 cm³/mol. The molecule has 1 unspecified atom stereocenters. The molecular weight excluding hydrogens is 200 g/mol. The van der Waals surface area contributed by atoms with Gasteiger partial charge in [-0.05, 0) is 31.5 Å². The van der Waals surface area contributed by atoms with Crippen molar-refractivity contribution in [1.82, 2.24) is 4.90 Å². The van der Waals surface area contributed by atoms with Gasteiger partial charge in [0.15, 0.2) is 5.78 Å². The van der Waals surface area contributed by atoms with E-state index in [2.05, 4.69) is 18.0 Å². The Balaban J connectivity index is 2.43. The van der Waals surface area contributed by atoms with Gasteiger partial charge in [-0.1, -0.05) is 18.2 Å². The summed E-state index contributed by atoms with van der Waals surface area (Å²) in [6, 6.07) is 5.54. The molecule has 16 heavy (non-hydrogen) atoms. The van der Waals surface area contributed by atoms with Crippen LogP contribution in [0.4, 0.5) is 0 Å². The smallest absolute Gasteiger partial charge is 0.179 e. The lowest BCUT2D eigenvalue weighted by molar-refractivity contribution is 0.0965. The molecule has 0 radical (unpaired) electrons. The summed E-state index contributed by atoms with van der Waals surface area (Å²) in [7, 11) is 2.08. The highest BCUT2D eigenvalue weighted by Crippen LogP contribution is 2.22. The molecule has 0 saturated heterocycles. The van der Waals surface area contributed by atoms with Crippen molar-refractivity contribution < 1.29 is 4.79 Å². The maximum absolute atomic E-state index is 12.0. The van der Waals surface area contributed by atoms with Crippen molar-refractivity contribution in [3.63, 3.8) is 0 Å². The SMILES string of the molecule is CC(N)C(=O)c1cccc2c1CN(C)CC2. The lowest BCUT2D eigenvalue weighted by Crippen LogP contribution is -2.32. The highest BCUT2D eigenvalue weighted by Gasteiger charge is 2.21. The second kappa shape index (κ2) is 4.36. The summed E-state index contributed by atoms with van der Waals surface area (Å²) in [5.74, 6) is 0.0483. The first-order valence-corrected chi connectivity index (χ1v) is 5.68. The fraction of sp³-hybridized carbons (Fsp3) is 0.462. The molecule has 1 aromatic carbocycles. The average molecular weight is 218 g/mol. The van der Waals surface area contributed by atoms with Crippen molar-refractivity contribution in [2.24, 2.45) is 5.73 Å². The summed E-state index contributed by atoms with van der Waals surface area (Å²) in [4.78, 5) is 14.2. The summed E-state index contributed by atoms with van der Waals surface area (Å²) in [6.45, 7) is 3.65. The number of ketones is 1. The van der Waals surface area contributed by atoms with Crippen LogP contribution in [0.15, 0.2) is 18.2 Å². The Labute approximate surface area is 96.2 Å². The number of hydrogen-bond acceptors (Lipinski definition) is 3. The van der Waals surface area contributed by atoms with Crippen molar-refractivity contribution in [3.8, 4) is 0 Å². The number of nitrogens with two attached hydrogens (primary N) is 1. The van der Waals surface area contributed by atoms with Crippen molar-refractivity contribution in [1.29, 1.82) is 0 Å². The maximum atomic E-state index is 12.0. The highest BCUT2D eigenvalue weighted by atomic mass is 16.1. The van der Waals surface area contributed by atoms with Crippen LogP contribution in [0.25, 0.3) is 0 Å². The van der Waals surface area contributed by atoms with Crippen LogP contribution in [-0.4, -0.2) is 30.3 Å². The van der Waals surface area contributed by atoms with E-state index in [1.807, 2.05) is 12.1 Å². The van der Waals surface area contributed by atoms with Gasteiger partial charge in [0.25, 0.3) is 0 Å². The summed E-state index contributed by atoms with van der Waals surface area (Å²) in [5.41, 5.74) is 8.94. The second-order valence-corrected chi connectivity index (χ2v) is 4.58. The molecule has 3 nitrogen and oxygen atoms in total. The molecule has 86 valence electrons. The Bertz CT molecular complexity index is 412. The molecule has 0 bridgehead atoms. The van der Waals surface area contributed by atoms with Crippen LogP contribution in [0.3, 0.4) is 0 Å². The molecule has 0 spiro atoms. The van der Waals surface area contributed by atoms with Gasteiger partial charge in [-0.3, -0.25) is 4.79 Å². The Morgan fingerprint density at radius 3 is 2.94 bits per heavy atom. The van der Waals surface area contributed by atoms with E-state index < -0.39 is 6.04 Å². The zero-order valence-corrected chi connectivity index (χ0v) is 9.86. The predicted octanol–water partition coefficient (Wildman–Crippen LogP) is 1.20. The number of likely N-dealkylation sites (N-methyl/N-ethyl adjacent to an activating group) is 1. The molecule has 0 amide bonds. The van der Waals surface area contributed by atoms with Gasteiger partial charge in [-0.25, -0.2) is 0 Å². The molecule has 0 aliphatic carbocycles. The van der Waals surface area contributed by atoms with E-state index in [4.69, 9.17) is 5.73 Å². The number of benzene rings is 1. The first-order valence-electron chi connectivity index (χ1n) is 5.68. The number of carbonyl (C=O) groups excluding carboxylic acids is 1. The van der Waals surface area contributed by atoms with Gasteiger partial charge in [0.1, 0.15) is 0 Å². The number of carbonyl (C=O) groups is 1. The van der Waals surface area contributed by atoms with E-state index in [0.29, 0.717) is 0 Å². The average Bonchev–Trinajstić information content (AvgIpc) is 2.27. The van der Waals surface area contributed by atoms with E-state index >= 15 is 0 Å². The topological polar surface area (TPSA) is 46.3 Å². The van der Waals surface area contributed by atoms with Crippen molar-refractivity contribution in [2.45, 2.75) is 25.9 Å². The standard InChI is InChI=1S/C13H18N2O/c1-9(14)13(16)11-5-3-4-10-6-7-15(2)8-12(10)11/h3-5,9H,6-8,14H2,1-2H3. The third kappa shape index (κ3) is 2.01. The number of fused-ring (bicyclic) bond motifs is 1. The fourth-order valence-corrected chi connectivity index (χ4v) is 2.19. The molecule has 1 aliphatic heterocycles. The van der Waals surface area contributed by atoms with Gasteiger partial charge >= 0.3 is 0 Å². The van der Waals surface area contributed by atoms with E-state index in [0.717, 1.165) is 25.1 Å². The van der Waals surface area contributed by atoms with Crippen molar-refractivity contribution in [2.75, 3.05) is 13.6 Å². The van der Waals surface area contributed by atoms with Crippen LogP contribution in [0.2, 0.25) is 0 Å². The van der Waals surface area contributed by atoms with Gasteiger partial charge in [-0.2, -0.15) is 0 Å². The maximum Gasteiger partial charge on any atom is 0.179 e. The van der Waals surface area contributed by atoms with Crippen LogP contribution in [-0.2, 0) is 13.0 Å². The number of rotatable bonds is 2. The summed E-state index contributed by atoms with van der Waals surface area (Å²) < 4.78 is 0. The van der Waals surface area contributed by atoms with Crippen molar-refractivity contribution >= 4 is 5.78 Å². The molecule has 0 fully saturated rings. The molecule has 2 N–H and O–H groups in total. The zero-order valence-electron chi connectivity index (χ0n) is 9.86. The van der Waals surface area contributed by atoms with Crippen LogP contribution >= 0.6 is 0 Å². The van der Waals surface area contributed by atoms with Gasteiger partial charge in [-0.15, -0.1) is 0 Å². The first-order chi connectivity index (χ1) is 7.59. The van der Waals surface area contributed by atoms with E-state index in [-0.39, 0.29) is 5.78 Å². The summed E-state index contributed by atoms with van der Waals surface area (Å²) in [5, 5.41) is 0. The third-order valence-electron chi connectivity index (χ3n) is 3.14. The van der Waals surface area contributed by atoms with Gasteiger partial charge in [0.2, 0.25) is 0 Å². The third-order valence-corrected chi connectivity index (χ3v) is 3.14. The Morgan fingerprint density at radius 1 is 1.50 bits per heavy atom. The second-order valence-electron chi connectivity index (χ2n) is 4.58. The Kier molecular flexibility index (Phi) is 3.08. The molecular formula is C13H18N2O. The molecule has 1 heterocycles. The monoisotopic (exact) mass is 218 g/mol. The zero-order chi connectivity index (χ0) is 11.7. The molecule has 2 rings (SSSR count). The minimum absolute atomic E-state index is 0.0483. The molecule has 0 saturated carbocycles. The Hall–Kier alpha value is -1.19.